The van der Waals surface area contributed by atoms with Crippen LogP contribution in [-0.4, -0.2) is 35.1 Å². The Kier molecular flexibility index (Phi) is 3.78. The minimum absolute atomic E-state index is 0.0341. The zero-order chi connectivity index (χ0) is 15.0. The monoisotopic (exact) mass is 287 g/mol. The molecule has 1 aromatic carbocycles. The van der Waals surface area contributed by atoms with E-state index in [2.05, 4.69) is 6.92 Å². The number of hydrogen-bond acceptors (Lipinski definition) is 2. The van der Waals surface area contributed by atoms with Crippen molar-refractivity contribution in [2.24, 2.45) is 5.41 Å². The van der Waals surface area contributed by atoms with E-state index in [0.717, 1.165) is 56.3 Å². The Hall–Kier alpha value is -1.35. The van der Waals surface area contributed by atoms with Crippen molar-refractivity contribution in [1.82, 2.24) is 4.90 Å². The number of aliphatic hydroxyl groups is 1. The van der Waals surface area contributed by atoms with E-state index >= 15 is 0 Å². The van der Waals surface area contributed by atoms with Gasteiger partial charge in [0.2, 0.25) is 0 Å². The van der Waals surface area contributed by atoms with Gasteiger partial charge in [-0.3, -0.25) is 4.79 Å². The number of piperidine rings is 1. The van der Waals surface area contributed by atoms with Gasteiger partial charge in [0.15, 0.2) is 0 Å². The summed E-state index contributed by atoms with van der Waals surface area (Å²) < 4.78 is 0. The molecule has 21 heavy (non-hydrogen) atoms. The van der Waals surface area contributed by atoms with Crippen LogP contribution in [0, 0.1) is 19.3 Å². The van der Waals surface area contributed by atoms with Gasteiger partial charge in [-0.15, -0.1) is 0 Å². The molecule has 1 heterocycles. The molecule has 1 aliphatic carbocycles. The maximum Gasteiger partial charge on any atom is 0.253 e. The number of hydrogen-bond donors (Lipinski definition) is 1. The molecule has 114 valence electrons. The van der Waals surface area contributed by atoms with Gasteiger partial charge in [0, 0.05) is 24.1 Å². The van der Waals surface area contributed by atoms with Gasteiger partial charge < -0.3 is 10.0 Å². The molecule has 3 rings (SSSR count). The predicted octanol–water partition coefficient (Wildman–Crippen LogP) is 3.07. The molecule has 2 atom stereocenters. The maximum atomic E-state index is 12.8. The molecular formula is C18H25NO2. The first-order valence-corrected chi connectivity index (χ1v) is 8.06. The third-order valence-electron chi connectivity index (χ3n) is 5.51. The average Bonchev–Trinajstić information content (AvgIpc) is 2.82. The van der Waals surface area contributed by atoms with E-state index in [0.29, 0.717) is 0 Å². The number of aliphatic hydroxyl groups excluding tert-OH is 1. The van der Waals surface area contributed by atoms with E-state index in [1.807, 2.05) is 30.0 Å². The topological polar surface area (TPSA) is 40.5 Å². The molecule has 0 aromatic heterocycles. The number of amides is 1. The fraction of sp³-hybridized carbons (Fsp3) is 0.611. The van der Waals surface area contributed by atoms with Gasteiger partial charge in [-0.1, -0.05) is 12.5 Å². The summed E-state index contributed by atoms with van der Waals surface area (Å²) in [5, 5.41) is 10.3. The number of nitrogens with zero attached hydrogens (tertiary/aromatic N) is 1. The normalized spacial score (nSPS) is 29.1. The first-order chi connectivity index (χ1) is 10.0. The molecular weight excluding hydrogens is 262 g/mol. The van der Waals surface area contributed by atoms with Crippen LogP contribution in [0.25, 0.3) is 0 Å². The van der Waals surface area contributed by atoms with Crippen molar-refractivity contribution in [3.63, 3.8) is 0 Å². The van der Waals surface area contributed by atoms with Crippen LogP contribution in [0.4, 0.5) is 0 Å². The summed E-state index contributed by atoms with van der Waals surface area (Å²) in [4.78, 5) is 14.7. The summed E-state index contributed by atoms with van der Waals surface area (Å²) in [6, 6.07) is 5.94. The van der Waals surface area contributed by atoms with Gasteiger partial charge in [0.05, 0.1) is 6.10 Å². The van der Waals surface area contributed by atoms with Crippen LogP contribution in [0.5, 0.6) is 0 Å². The van der Waals surface area contributed by atoms with E-state index in [9.17, 15) is 9.90 Å². The van der Waals surface area contributed by atoms with Crippen LogP contribution < -0.4 is 0 Å². The molecule has 2 aliphatic rings. The third kappa shape index (κ3) is 2.59. The molecule has 0 radical (unpaired) electrons. The van der Waals surface area contributed by atoms with Crippen molar-refractivity contribution in [2.45, 2.75) is 52.1 Å². The number of aryl methyl sites for hydroxylation is 2. The van der Waals surface area contributed by atoms with Crippen molar-refractivity contribution < 1.29 is 9.90 Å². The Morgan fingerprint density at radius 3 is 2.67 bits per heavy atom. The van der Waals surface area contributed by atoms with E-state index in [1.54, 1.807) is 0 Å². The van der Waals surface area contributed by atoms with Gasteiger partial charge in [-0.25, -0.2) is 0 Å². The molecule has 1 aliphatic heterocycles. The second-order valence-electron chi connectivity index (χ2n) is 6.90. The highest BCUT2D eigenvalue weighted by atomic mass is 16.3. The summed E-state index contributed by atoms with van der Waals surface area (Å²) in [6.07, 6.45) is 4.88. The molecule has 0 unspecified atom stereocenters. The second kappa shape index (κ2) is 5.45. The second-order valence-corrected chi connectivity index (χ2v) is 6.90. The number of benzene rings is 1. The number of rotatable bonds is 1. The Morgan fingerprint density at radius 2 is 2.00 bits per heavy atom. The molecule has 1 saturated carbocycles. The Morgan fingerprint density at radius 1 is 1.24 bits per heavy atom. The molecule has 2 fully saturated rings. The van der Waals surface area contributed by atoms with Crippen LogP contribution >= 0.6 is 0 Å². The first-order valence-electron chi connectivity index (χ1n) is 8.06. The van der Waals surface area contributed by atoms with Gasteiger partial charge in [0.1, 0.15) is 0 Å². The minimum atomic E-state index is -0.229. The standard InChI is InChI=1S/C18H25NO2/c1-13-6-7-15(11-14(13)2)17(21)19-10-4-9-18(12-19)8-3-5-16(18)20/h6-7,11,16,20H,3-5,8-10,12H2,1-2H3/t16-,18-/m1/s1. The fourth-order valence-corrected chi connectivity index (χ4v) is 3.99. The lowest BCUT2D eigenvalue weighted by molar-refractivity contribution is -0.00536. The third-order valence-corrected chi connectivity index (χ3v) is 5.51. The molecule has 1 spiro atoms. The maximum absolute atomic E-state index is 12.8. The number of likely N-dealkylation sites (tertiary alicyclic amines) is 1. The summed E-state index contributed by atoms with van der Waals surface area (Å²) in [6.45, 7) is 5.65. The smallest absolute Gasteiger partial charge is 0.253 e. The Labute approximate surface area is 127 Å². The van der Waals surface area contributed by atoms with Crippen LogP contribution in [0.1, 0.15) is 53.6 Å². The van der Waals surface area contributed by atoms with Crippen LogP contribution in [0.3, 0.4) is 0 Å². The van der Waals surface area contributed by atoms with Gasteiger partial charge in [-0.05, 0) is 62.8 Å². The molecule has 3 nitrogen and oxygen atoms in total. The Balaban J connectivity index is 1.79. The van der Waals surface area contributed by atoms with Gasteiger partial charge >= 0.3 is 0 Å². The van der Waals surface area contributed by atoms with E-state index in [-0.39, 0.29) is 17.4 Å². The van der Waals surface area contributed by atoms with E-state index in [4.69, 9.17) is 0 Å². The summed E-state index contributed by atoms with van der Waals surface area (Å²) in [7, 11) is 0. The predicted molar refractivity (Wildman–Crippen MR) is 83.3 cm³/mol. The van der Waals surface area contributed by atoms with Crippen molar-refractivity contribution in [3.05, 3.63) is 34.9 Å². The highest BCUT2D eigenvalue weighted by molar-refractivity contribution is 5.94. The van der Waals surface area contributed by atoms with Crippen LogP contribution in [-0.2, 0) is 0 Å². The molecule has 1 saturated heterocycles. The Bertz CT molecular complexity index is 554. The lowest BCUT2D eigenvalue weighted by Gasteiger charge is -2.42. The molecule has 1 aromatic rings. The van der Waals surface area contributed by atoms with Crippen LogP contribution in [0.2, 0.25) is 0 Å². The van der Waals surface area contributed by atoms with Gasteiger partial charge in [0.25, 0.3) is 5.91 Å². The molecule has 3 heteroatoms. The molecule has 1 amide bonds. The van der Waals surface area contributed by atoms with E-state index in [1.165, 1.54) is 5.56 Å². The molecule has 1 N–H and O–H groups in total. The highest BCUT2D eigenvalue weighted by Crippen LogP contribution is 2.45. The first kappa shape index (κ1) is 14.6. The summed E-state index contributed by atoms with van der Waals surface area (Å²) in [5.41, 5.74) is 3.12. The fourth-order valence-electron chi connectivity index (χ4n) is 3.99. The SMILES string of the molecule is Cc1ccc(C(=O)N2CCC[C@]3(CCC[C@H]3O)C2)cc1C. The van der Waals surface area contributed by atoms with E-state index < -0.39 is 0 Å². The zero-order valence-electron chi connectivity index (χ0n) is 13.1. The number of carbonyl (C=O) groups is 1. The van der Waals surface area contributed by atoms with Crippen molar-refractivity contribution >= 4 is 5.91 Å². The highest BCUT2D eigenvalue weighted by Gasteiger charge is 2.45. The summed E-state index contributed by atoms with van der Waals surface area (Å²) in [5.74, 6) is 0.122. The molecule has 0 bridgehead atoms. The quantitative estimate of drug-likeness (QED) is 0.862. The van der Waals surface area contributed by atoms with Gasteiger partial charge in [-0.2, -0.15) is 0 Å². The van der Waals surface area contributed by atoms with Crippen LogP contribution in [0.15, 0.2) is 18.2 Å². The average molecular weight is 287 g/mol. The largest absolute Gasteiger partial charge is 0.392 e. The van der Waals surface area contributed by atoms with Crippen molar-refractivity contribution in [2.75, 3.05) is 13.1 Å². The summed E-state index contributed by atoms with van der Waals surface area (Å²) >= 11 is 0. The minimum Gasteiger partial charge on any atom is -0.392 e. The van der Waals surface area contributed by atoms with Crippen molar-refractivity contribution in [3.8, 4) is 0 Å². The van der Waals surface area contributed by atoms with Crippen molar-refractivity contribution in [1.29, 1.82) is 0 Å². The zero-order valence-corrected chi connectivity index (χ0v) is 13.1. The lowest BCUT2D eigenvalue weighted by atomic mass is 9.76. The lowest BCUT2D eigenvalue weighted by Crippen LogP contribution is -2.49. The number of carbonyl (C=O) groups excluding carboxylic acids is 1.